The molecule has 1 aromatic carbocycles. The van der Waals surface area contributed by atoms with Crippen LogP contribution < -0.4 is 14.9 Å². The number of hydrogen-bond donors (Lipinski definition) is 0. The molecule has 0 N–H and O–H groups in total. The van der Waals surface area contributed by atoms with E-state index in [9.17, 15) is 9.36 Å². The number of anilines is 1. The molecule has 1 amide bonds. The Labute approximate surface area is 150 Å². The number of carbonyl (C=O) groups is 1. The highest BCUT2D eigenvalue weighted by atomic mass is 31.2. The van der Waals surface area contributed by atoms with E-state index in [4.69, 9.17) is 15.9 Å². The first-order valence-electron chi connectivity index (χ1n) is 8.30. The second-order valence-corrected chi connectivity index (χ2v) is 10.8. The lowest BCUT2D eigenvalue weighted by molar-refractivity contribution is 0.161. The van der Waals surface area contributed by atoms with Crippen molar-refractivity contribution in [1.82, 2.24) is 0 Å². The lowest BCUT2D eigenvalue weighted by Gasteiger charge is -2.35. The maximum atomic E-state index is 12.6. The first kappa shape index (κ1) is 19.4. The molecule has 0 spiro atoms. The van der Waals surface area contributed by atoms with Crippen LogP contribution in [0.2, 0.25) is 0 Å². The molecule has 0 atom stereocenters. The highest BCUT2D eigenvalue weighted by Crippen LogP contribution is 2.41. The average molecular weight is 363 g/mol. The van der Waals surface area contributed by atoms with Gasteiger partial charge in [-0.3, -0.25) is 4.90 Å². The van der Waals surface area contributed by atoms with Crippen molar-refractivity contribution in [2.24, 2.45) is 0 Å². The zero-order valence-corrected chi connectivity index (χ0v) is 16.4. The number of hydrogen-bond acceptors (Lipinski definition) is 4. The smallest absolute Gasteiger partial charge is 0.415 e. The van der Waals surface area contributed by atoms with Crippen LogP contribution in [0.25, 0.3) is 0 Å². The zero-order valence-electron chi connectivity index (χ0n) is 15.5. The summed E-state index contributed by atoms with van der Waals surface area (Å²) in [5.41, 5.74) is 0.0513. The molecule has 1 aliphatic carbocycles. The Morgan fingerprint density at radius 3 is 2.48 bits per heavy atom. The predicted octanol–water partition coefficient (Wildman–Crippen LogP) is 3.85. The number of nitrogens with zero attached hydrogens (tertiary/aromatic N) is 1. The third kappa shape index (κ3) is 5.03. The molecular formula is C19H26NO4P. The Morgan fingerprint density at radius 1 is 1.36 bits per heavy atom. The first-order chi connectivity index (χ1) is 11.5. The molecule has 1 aliphatic rings. The molecule has 1 saturated carbocycles. The van der Waals surface area contributed by atoms with Crippen molar-refractivity contribution in [3.05, 3.63) is 18.2 Å². The molecule has 2 rings (SSSR count). The van der Waals surface area contributed by atoms with Crippen LogP contribution >= 0.6 is 7.14 Å². The molecule has 136 valence electrons. The number of carbonyl (C=O) groups excluding carboxylic acids is 1. The van der Waals surface area contributed by atoms with Crippen molar-refractivity contribution in [2.75, 3.05) is 24.8 Å². The van der Waals surface area contributed by atoms with Gasteiger partial charge in [0, 0.05) is 10.8 Å². The van der Waals surface area contributed by atoms with Crippen molar-refractivity contribution in [1.29, 1.82) is 0 Å². The SMILES string of the molecule is C#CCOC(=O)N(c1ccc(P(C)(C)=O)cc1OC1CC1)C(C)(C)C. The Bertz CT molecular complexity index is 735. The number of amides is 1. The van der Waals surface area contributed by atoms with E-state index in [0.717, 1.165) is 18.1 Å². The Morgan fingerprint density at radius 2 is 2.00 bits per heavy atom. The molecular weight excluding hydrogens is 337 g/mol. The van der Waals surface area contributed by atoms with Gasteiger partial charge >= 0.3 is 6.09 Å². The molecule has 0 unspecified atom stereocenters. The van der Waals surface area contributed by atoms with E-state index in [-0.39, 0.29) is 12.7 Å². The average Bonchev–Trinajstić information content (AvgIpc) is 3.28. The van der Waals surface area contributed by atoms with E-state index in [1.807, 2.05) is 20.8 Å². The Balaban J connectivity index is 2.49. The van der Waals surface area contributed by atoms with Crippen molar-refractivity contribution in [3.8, 4) is 18.1 Å². The van der Waals surface area contributed by atoms with Crippen molar-refractivity contribution in [2.45, 2.75) is 45.3 Å². The maximum Gasteiger partial charge on any atom is 0.415 e. The monoisotopic (exact) mass is 363 g/mol. The standard InChI is InChI=1S/C19H26NO4P/c1-7-12-23-18(21)20(19(2,3)4)16-11-10-15(25(5,6)22)13-17(16)24-14-8-9-14/h1,10-11,13-14H,8-9,12H2,2-6H3. The summed E-state index contributed by atoms with van der Waals surface area (Å²) in [4.78, 5) is 14.1. The lowest BCUT2D eigenvalue weighted by Crippen LogP contribution is -2.46. The van der Waals surface area contributed by atoms with Gasteiger partial charge < -0.3 is 14.0 Å². The maximum absolute atomic E-state index is 12.6. The van der Waals surface area contributed by atoms with Gasteiger partial charge in [0.25, 0.3) is 0 Å². The van der Waals surface area contributed by atoms with Gasteiger partial charge in [0.2, 0.25) is 0 Å². The van der Waals surface area contributed by atoms with E-state index >= 15 is 0 Å². The predicted molar refractivity (Wildman–Crippen MR) is 102 cm³/mol. The number of ether oxygens (including phenoxy) is 2. The summed E-state index contributed by atoms with van der Waals surface area (Å²) in [6.45, 7) is 9.05. The van der Waals surface area contributed by atoms with Gasteiger partial charge in [-0.05, 0) is 65.1 Å². The van der Waals surface area contributed by atoms with Gasteiger partial charge in [-0.1, -0.05) is 5.92 Å². The van der Waals surface area contributed by atoms with Gasteiger partial charge in [0.1, 0.15) is 12.9 Å². The Hall–Kier alpha value is -1.92. The Kier molecular flexibility index (Phi) is 5.54. The third-order valence-corrected chi connectivity index (χ3v) is 5.28. The summed E-state index contributed by atoms with van der Waals surface area (Å²) >= 11 is 0. The van der Waals surface area contributed by atoms with E-state index in [2.05, 4.69) is 5.92 Å². The fraction of sp³-hybridized carbons (Fsp3) is 0.526. The topological polar surface area (TPSA) is 55.8 Å². The van der Waals surface area contributed by atoms with Crippen LogP contribution in [0.3, 0.4) is 0 Å². The minimum Gasteiger partial charge on any atom is -0.488 e. The van der Waals surface area contributed by atoms with Crippen molar-refractivity contribution < 1.29 is 18.8 Å². The summed E-state index contributed by atoms with van der Waals surface area (Å²) < 4.78 is 23.6. The highest BCUT2D eigenvalue weighted by molar-refractivity contribution is 7.70. The van der Waals surface area contributed by atoms with Gasteiger partial charge in [-0.15, -0.1) is 6.42 Å². The van der Waals surface area contributed by atoms with Crippen LogP contribution in [0, 0.1) is 12.3 Å². The molecule has 0 saturated heterocycles. The van der Waals surface area contributed by atoms with Gasteiger partial charge in [-0.2, -0.15) is 0 Å². The molecule has 5 nitrogen and oxygen atoms in total. The van der Waals surface area contributed by atoms with Gasteiger partial charge in [0.15, 0.2) is 6.61 Å². The van der Waals surface area contributed by atoms with Crippen LogP contribution in [-0.2, 0) is 9.30 Å². The molecule has 1 aromatic rings. The number of terminal acetylenes is 1. The molecule has 0 aliphatic heterocycles. The summed E-state index contributed by atoms with van der Waals surface area (Å²) in [5.74, 6) is 2.86. The molecule has 0 radical (unpaired) electrons. The van der Waals surface area contributed by atoms with Crippen LogP contribution in [-0.4, -0.2) is 37.7 Å². The summed E-state index contributed by atoms with van der Waals surface area (Å²) in [7, 11) is -2.44. The molecule has 0 heterocycles. The fourth-order valence-electron chi connectivity index (χ4n) is 2.38. The van der Waals surface area contributed by atoms with Crippen LogP contribution in [0.1, 0.15) is 33.6 Å². The first-order valence-corrected chi connectivity index (χ1v) is 10.9. The molecule has 0 bridgehead atoms. The van der Waals surface area contributed by atoms with Crippen molar-refractivity contribution in [3.63, 3.8) is 0 Å². The van der Waals surface area contributed by atoms with Crippen LogP contribution in [0.15, 0.2) is 18.2 Å². The second-order valence-electron chi connectivity index (χ2n) is 7.59. The lowest BCUT2D eigenvalue weighted by atomic mass is 10.1. The van der Waals surface area contributed by atoms with Crippen LogP contribution in [0.4, 0.5) is 10.5 Å². The zero-order chi connectivity index (χ0) is 18.8. The third-order valence-electron chi connectivity index (χ3n) is 3.76. The van der Waals surface area contributed by atoms with E-state index in [1.165, 1.54) is 4.90 Å². The minimum atomic E-state index is -2.44. The van der Waals surface area contributed by atoms with Crippen molar-refractivity contribution >= 4 is 24.2 Å². The number of benzene rings is 1. The van der Waals surface area contributed by atoms with Gasteiger partial charge in [0.05, 0.1) is 11.8 Å². The minimum absolute atomic E-state index is 0.0958. The summed E-state index contributed by atoms with van der Waals surface area (Å²) in [5, 5.41) is 0.720. The summed E-state index contributed by atoms with van der Waals surface area (Å²) in [6.07, 6.45) is 6.77. The van der Waals surface area contributed by atoms with Gasteiger partial charge in [-0.25, -0.2) is 4.79 Å². The van der Waals surface area contributed by atoms with Crippen LogP contribution in [0.5, 0.6) is 5.75 Å². The molecule has 6 heteroatoms. The molecule has 1 fully saturated rings. The van der Waals surface area contributed by atoms with E-state index in [0.29, 0.717) is 11.4 Å². The second kappa shape index (κ2) is 7.14. The highest BCUT2D eigenvalue weighted by Gasteiger charge is 2.34. The van der Waals surface area contributed by atoms with E-state index < -0.39 is 18.8 Å². The molecule has 0 aromatic heterocycles. The quantitative estimate of drug-likeness (QED) is 0.589. The molecule has 25 heavy (non-hydrogen) atoms. The summed E-state index contributed by atoms with van der Waals surface area (Å²) in [6, 6.07) is 5.33. The fourth-order valence-corrected chi connectivity index (χ4v) is 3.25. The largest absolute Gasteiger partial charge is 0.488 e. The number of rotatable bonds is 5. The normalized spacial score (nSPS) is 14.6. The van der Waals surface area contributed by atoms with E-state index in [1.54, 1.807) is 31.5 Å².